The van der Waals surface area contributed by atoms with Crippen molar-refractivity contribution in [2.24, 2.45) is 5.92 Å². The van der Waals surface area contributed by atoms with Crippen molar-refractivity contribution in [1.82, 2.24) is 4.98 Å². The Morgan fingerprint density at radius 3 is 3.08 bits per heavy atom. The third-order valence-electron chi connectivity index (χ3n) is 1.79. The Labute approximate surface area is 77.0 Å². The minimum absolute atomic E-state index is 0.0188. The van der Waals surface area contributed by atoms with E-state index in [0.717, 1.165) is 0 Å². The van der Waals surface area contributed by atoms with Gasteiger partial charge in [-0.05, 0) is 12.1 Å². The SMILES string of the molecule is CC(CC#N)C(=O)c1cccnc1. The average molecular weight is 174 g/mol. The van der Waals surface area contributed by atoms with Gasteiger partial charge in [-0.25, -0.2) is 0 Å². The predicted molar refractivity (Wildman–Crippen MR) is 48.0 cm³/mol. The molecule has 0 saturated carbocycles. The minimum atomic E-state index is -0.241. The molecule has 0 N–H and O–H groups in total. The molecule has 3 nitrogen and oxygen atoms in total. The van der Waals surface area contributed by atoms with E-state index < -0.39 is 0 Å². The molecule has 0 spiro atoms. The largest absolute Gasteiger partial charge is 0.294 e. The molecule has 1 rings (SSSR count). The molecule has 0 aliphatic carbocycles. The molecule has 0 radical (unpaired) electrons. The summed E-state index contributed by atoms with van der Waals surface area (Å²) in [5.74, 6) is -0.260. The second kappa shape index (κ2) is 4.36. The van der Waals surface area contributed by atoms with Crippen LogP contribution in [0.2, 0.25) is 0 Å². The molecule has 0 fully saturated rings. The van der Waals surface area contributed by atoms with Gasteiger partial charge in [0.2, 0.25) is 0 Å². The summed E-state index contributed by atoms with van der Waals surface area (Å²) in [6, 6.07) is 5.40. The fourth-order valence-electron chi connectivity index (χ4n) is 1.02. The van der Waals surface area contributed by atoms with E-state index in [0.29, 0.717) is 5.56 Å². The highest BCUT2D eigenvalue weighted by atomic mass is 16.1. The Kier molecular flexibility index (Phi) is 3.15. The number of rotatable bonds is 3. The number of carbonyl (C=O) groups is 1. The minimum Gasteiger partial charge on any atom is -0.294 e. The molecular formula is C10H10N2O. The first-order valence-corrected chi connectivity index (χ1v) is 4.07. The predicted octanol–water partition coefficient (Wildman–Crippen LogP) is 1.81. The van der Waals surface area contributed by atoms with Gasteiger partial charge in [0.05, 0.1) is 6.07 Å². The van der Waals surface area contributed by atoms with E-state index in [-0.39, 0.29) is 18.1 Å². The molecule has 1 unspecified atom stereocenters. The number of pyridine rings is 1. The number of hydrogen-bond acceptors (Lipinski definition) is 3. The van der Waals surface area contributed by atoms with Gasteiger partial charge in [0.25, 0.3) is 0 Å². The van der Waals surface area contributed by atoms with Gasteiger partial charge in [-0.1, -0.05) is 6.92 Å². The molecule has 1 heterocycles. The lowest BCUT2D eigenvalue weighted by Gasteiger charge is -2.04. The van der Waals surface area contributed by atoms with Gasteiger partial charge in [-0.2, -0.15) is 5.26 Å². The third kappa shape index (κ3) is 2.38. The fraction of sp³-hybridized carbons (Fsp3) is 0.300. The van der Waals surface area contributed by atoms with Gasteiger partial charge < -0.3 is 0 Å². The zero-order valence-corrected chi connectivity index (χ0v) is 7.40. The molecule has 0 aliphatic rings. The Balaban J connectivity index is 2.75. The molecule has 3 heteroatoms. The van der Waals surface area contributed by atoms with Crippen LogP contribution in [0.25, 0.3) is 0 Å². The van der Waals surface area contributed by atoms with Crippen molar-refractivity contribution < 1.29 is 4.79 Å². The van der Waals surface area contributed by atoms with E-state index in [4.69, 9.17) is 5.26 Å². The van der Waals surface area contributed by atoms with Gasteiger partial charge in [0.1, 0.15) is 0 Å². The normalized spacial score (nSPS) is 11.7. The first kappa shape index (κ1) is 9.40. The van der Waals surface area contributed by atoms with Crippen LogP contribution in [-0.4, -0.2) is 10.8 Å². The number of carbonyl (C=O) groups excluding carboxylic acids is 1. The van der Waals surface area contributed by atoms with Crippen LogP contribution >= 0.6 is 0 Å². The molecule has 66 valence electrons. The number of nitriles is 1. The van der Waals surface area contributed by atoms with Crippen LogP contribution in [-0.2, 0) is 0 Å². The highest BCUT2D eigenvalue weighted by Crippen LogP contribution is 2.09. The van der Waals surface area contributed by atoms with Crippen molar-refractivity contribution in [2.75, 3.05) is 0 Å². The summed E-state index contributed by atoms with van der Waals surface area (Å²) in [7, 11) is 0. The second-order valence-electron chi connectivity index (χ2n) is 2.87. The number of nitrogens with zero attached hydrogens (tertiary/aromatic N) is 2. The third-order valence-corrected chi connectivity index (χ3v) is 1.79. The van der Waals surface area contributed by atoms with Crippen LogP contribution in [0.4, 0.5) is 0 Å². The average Bonchev–Trinajstić information content (AvgIpc) is 2.18. The quantitative estimate of drug-likeness (QED) is 0.656. The van der Waals surface area contributed by atoms with E-state index >= 15 is 0 Å². The van der Waals surface area contributed by atoms with E-state index in [1.807, 2.05) is 6.07 Å². The lowest BCUT2D eigenvalue weighted by Crippen LogP contribution is -2.10. The van der Waals surface area contributed by atoms with E-state index in [9.17, 15) is 4.79 Å². The van der Waals surface area contributed by atoms with Crippen molar-refractivity contribution >= 4 is 5.78 Å². The van der Waals surface area contributed by atoms with Crippen molar-refractivity contribution in [3.63, 3.8) is 0 Å². The van der Waals surface area contributed by atoms with Gasteiger partial charge >= 0.3 is 0 Å². The standard InChI is InChI=1S/C10H10N2O/c1-8(4-5-11)10(13)9-3-2-6-12-7-9/h2-3,6-8H,4H2,1H3. The lowest BCUT2D eigenvalue weighted by atomic mass is 9.98. The molecule has 0 saturated heterocycles. The number of ketones is 1. The lowest BCUT2D eigenvalue weighted by molar-refractivity contribution is 0.0931. The molecule has 1 aromatic rings. The summed E-state index contributed by atoms with van der Waals surface area (Å²) >= 11 is 0. The molecule has 0 bridgehead atoms. The van der Waals surface area contributed by atoms with Crippen LogP contribution in [0, 0.1) is 17.2 Å². The number of aromatic nitrogens is 1. The van der Waals surface area contributed by atoms with Crippen LogP contribution in [0.1, 0.15) is 23.7 Å². The first-order chi connectivity index (χ1) is 6.25. The molecule has 1 aromatic heterocycles. The molecule has 13 heavy (non-hydrogen) atoms. The van der Waals surface area contributed by atoms with Gasteiger partial charge in [0, 0.05) is 30.3 Å². The van der Waals surface area contributed by atoms with Crippen LogP contribution in [0.5, 0.6) is 0 Å². The molecule has 0 aliphatic heterocycles. The van der Waals surface area contributed by atoms with Crippen molar-refractivity contribution in [3.8, 4) is 6.07 Å². The zero-order valence-electron chi connectivity index (χ0n) is 7.40. The fourth-order valence-corrected chi connectivity index (χ4v) is 1.02. The monoisotopic (exact) mass is 174 g/mol. The Morgan fingerprint density at radius 2 is 2.54 bits per heavy atom. The topological polar surface area (TPSA) is 53.8 Å². The highest BCUT2D eigenvalue weighted by molar-refractivity contribution is 5.97. The number of Topliss-reactive ketones (excluding diaryl/α,β-unsaturated/α-hetero) is 1. The molecule has 1 atom stereocenters. The smallest absolute Gasteiger partial charge is 0.168 e. The van der Waals surface area contributed by atoms with Crippen LogP contribution in [0.3, 0.4) is 0 Å². The van der Waals surface area contributed by atoms with Gasteiger partial charge in [-0.15, -0.1) is 0 Å². The maximum Gasteiger partial charge on any atom is 0.168 e. The second-order valence-corrected chi connectivity index (χ2v) is 2.87. The van der Waals surface area contributed by atoms with Gasteiger partial charge in [0.15, 0.2) is 5.78 Å². The molecular weight excluding hydrogens is 164 g/mol. The van der Waals surface area contributed by atoms with Crippen LogP contribution in [0.15, 0.2) is 24.5 Å². The van der Waals surface area contributed by atoms with Crippen molar-refractivity contribution in [2.45, 2.75) is 13.3 Å². The zero-order chi connectivity index (χ0) is 9.68. The summed E-state index contributed by atoms with van der Waals surface area (Å²) in [4.78, 5) is 15.4. The molecule has 0 aromatic carbocycles. The maximum absolute atomic E-state index is 11.5. The summed E-state index contributed by atoms with van der Waals surface area (Å²) in [6.45, 7) is 1.75. The van der Waals surface area contributed by atoms with Crippen molar-refractivity contribution in [1.29, 1.82) is 5.26 Å². The summed E-state index contributed by atoms with van der Waals surface area (Å²) in [5.41, 5.74) is 0.574. The van der Waals surface area contributed by atoms with E-state index in [2.05, 4.69) is 4.98 Å². The van der Waals surface area contributed by atoms with Crippen LogP contribution < -0.4 is 0 Å². The van der Waals surface area contributed by atoms with E-state index in [1.54, 1.807) is 25.3 Å². The van der Waals surface area contributed by atoms with E-state index in [1.165, 1.54) is 6.20 Å². The highest BCUT2D eigenvalue weighted by Gasteiger charge is 2.14. The summed E-state index contributed by atoms with van der Waals surface area (Å²) in [6.07, 6.45) is 3.40. The Hall–Kier alpha value is -1.69. The maximum atomic E-state index is 11.5. The summed E-state index contributed by atoms with van der Waals surface area (Å²) < 4.78 is 0. The number of hydrogen-bond donors (Lipinski definition) is 0. The Morgan fingerprint density at radius 1 is 1.77 bits per heavy atom. The van der Waals surface area contributed by atoms with Crippen molar-refractivity contribution in [3.05, 3.63) is 30.1 Å². The first-order valence-electron chi connectivity index (χ1n) is 4.07. The van der Waals surface area contributed by atoms with Gasteiger partial charge in [-0.3, -0.25) is 9.78 Å². The molecule has 0 amide bonds. The summed E-state index contributed by atoms with van der Waals surface area (Å²) in [5, 5.41) is 8.41. The Bertz CT molecular complexity index is 327.